The van der Waals surface area contributed by atoms with Crippen LogP contribution in [-0.2, 0) is 13.0 Å². The summed E-state index contributed by atoms with van der Waals surface area (Å²) in [4.78, 5) is 9.96. The first-order chi connectivity index (χ1) is 10.1. The number of hydrogen-bond donors (Lipinski definition) is 1. The lowest BCUT2D eigenvalue weighted by atomic mass is 10.1. The predicted octanol–water partition coefficient (Wildman–Crippen LogP) is 3.37. The molecule has 0 fully saturated rings. The van der Waals surface area contributed by atoms with Gasteiger partial charge in [0.1, 0.15) is 0 Å². The first-order valence-corrected chi connectivity index (χ1v) is 6.76. The van der Waals surface area contributed by atoms with Crippen LogP contribution in [0.2, 0.25) is 0 Å². The maximum atomic E-state index is 13.8. The SMILES string of the molecule is Cc1cccc(CCNCc2cccc([N+](=O)[O-])c2F)c1. The summed E-state index contributed by atoms with van der Waals surface area (Å²) in [6.07, 6.45) is 0.832. The number of nitrogens with one attached hydrogen (secondary N) is 1. The van der Waals surface area contributed by atoms with Gasteiger partial charge in [-0.2, -0.15) is 4.39 Å². The summed E-state index contributed by atoms with van der Waals surface area (Å²) >= 11 is 0. The number of benzene rings is 2. The summed E-state index contributed by atoms with van der Waals surface area (Å²) in [6, 6.07) is 12.4. The highest BCUT2D eigenvalue weighted by Crippen LogP contribution is 2.19. The van der Waals surface area contributed by atoms with Gasteiger partial charge in [0.2, 0.25) is 5.82 Å². The summed E-state index contributed by atoms with van der Waals surface area (Å²) in [5.74, 6) is -0.759. The maximum Gasteiger partial charge on any atom is 0.305 e. The molecule has 0 saturated heterocycles. The fraction of sp³-hybridized carbons (Fsp3) is 0.250. The maximum absolute atomic E-state index is 13.8. The largest absolute Gasteiger partial charge is 0.312 e. The Balaban J connectivity index is 1.89. The van der Waals surface area contributed by atoms with Gasteiger partial charge in [-0.3, -0.25) is 10.1 Å². The van der Waals surface area contributed by atoms with Crippen molar-refractivity contribution in [3.05, 3.63) is 75.1 Å². The zero-order chi connectivity index (χ0) is 15.2. The smallest absolute Gasteiger partial charge is 0.305 e. The number of rotatable bonds is 6. The minimum Gasteiger partial charge on any atom is -0.312 e. The van der Waals surface area contributed by atoms with Crippen LogP contribution in [0.1, 0.15) is 16.7 Å². The van der Waals surface area contributed by atoms with E-state index >= 15 is 0 Å². The Morgan fingerprint density at radius 2 is 2.00 bits per heavy atom. The van der Waals surface area contributed by atoms with Gasteiger partial charge in [0.15, 0.2) is 0 Å². The molecule has 4 nitrogen and oxygen atoms in total. The van der Waals surface area contributed by atoms with Gasteiger partial charge in [-0.05, 0) is 25.5 Å². The molecule has 0 atom stereocenters. The first kappa shape index (κ1) is 15.1. The van der Waals surface area contributed by atoms with Gasteiger partial charge in [-0.15, -0.1) is 0 Å². The topological polar surface area (TPSA) is 55.2 Å². The van der Waals surface area contributed by atoms with Crippen LogP contribution in [0, 0.1) is 22.9 Å². The van der Waals surface area contributed by atoms with Crippen molar-refractivity contribution in [2.75, 3.05) is 6.54 Å². The van der Waals surface area contributed by atoms with E-state index in [1.54, 1.807) is 6.07 Å². The molecule has 5 heteroatoms. The number of nitro groups is 1. The van der Waals surface area contributed by atoms with Crippen molar-refractivity contribution in [3.8, 4) is 0 Å². The van der Waals surface area contributed by atoms with Crippen LogP contribution < -0.4 is 5.32 Å². The fourth-order valence-corrected chi connectivity index (χ4v) is 2.17. The van der Waals surface area contributed by atoms with Crippen molar-refractivity contribution in [1.29, 1.82) is 0 Å². The fourth-order valence-electron chi connectivity index (χ4n) is 2.17. The minimum absolute atomic E-state index is 0.277. The van der Waals surface area contributed by atoms with Gasteiger partial charge in [0.05, 0.1) is 4.92 Å². The highest BCUT2D eigenvalue weighted by molar-refractivity contribution is 5.36. The molecule has 0 aliphatic heterocycles. The molecule has 0 bridgehead atoms. The van der Waals surface area contributed by atoms with E-state index in [1.807, 2.05) is 25.1 Å². The number of hydrogen-bond acceptors (Lipinski definition) is 3. The minimum atomic E-state index is -0.759. The standard InChI is InChI=1S/C16H17FN2O2/c1-12-4-2-5-13(10-12)8-9-18-11-14-6-3-7-15(16(14)17)19(20)21/h2-7,10,18H,8-9,11H2,1H3. The summed E-state index contributed by atoms with van der Waals surface area (Å²) in [7, 11) is 0. The molecule has 21 heavy (non-hydrogen) atoms. The van der Waals surface area contributed by atoms with Gasteiger partial charge in [0.25, 0.3) is 0 Å². The van der Waals surface area contributed by atoms with E-state index in [9.17, 15) is 14.5 Å². The van der Waals surface area contributed by atoms with Gasteiger partial charge in [0, 0.05) is 18.2 Å². The van der Waals surface area contributed by atoms with Crippen molar-refractivity contribution < 1.29 is 9.31 Å². The molecule has 2 aromatic rings. The van der Waals surface area contributed by atoms with Crippen LogP contribution in [0.15, 0.2) is 42.5 Å². The molecular formula is C16H17FN2O2. The van der Waals surface area contributed by atoms with Crippen LogP contribution in [0.4, 0.5) is 10.1 Å². The van der Waals surface area contributed by atoms with Gasteiger partial charge in [-0.25, -0.2) is 0 Å². The summed E-state index contributed by atoms with van der Waals surface area (Å²) in [5, 5.41) is 13.8. The molecule has 0 unspecified atom stereocenters. The molecule has 0 heterocycles. The van der Waals surface area contributed by atoms with E-state index in [0.717, 1.165) is 6.42 Å². The summed E-state index contributed by atoms with van der Waals surface area (Å²) in [6.45, 7) is 3.00. The molecule has 0 aromatic heterocycles. The summed E-state index contributed by atoms with van der Waals surface area (Å²) < 4.78 is 13.8. The van der Waals surface area contributed by atoms with E-state index in [2.05, 4.69) is 11.4 Å². The lowest BCUT2D eigenvalue weighted by Gasteiger charge is -2.07. The van der Waals surface area contributed by atoms with Gasteiger partial charge >= 0.3 is 5.69 Å². The van der Waals surface area contributed by atoms with Gasteiger partial charge in [-0.1, -0.05) is 42.0 Å². The zero-order valence-corrected chi connectivity index (χ0v) is 11.8. The second-order valence-corrected chi connectivity index (χ2v) is 4.92. The van der Waals surface area contributed by atoms with E-state index in [-0.39, 0.29) is 6.54 Å². The highest BCUT2D eigenvalue weighted by atomic mass is 19.1. The van der Waals surface area contributed by atoms with Crippen molar-refractivity contribution in [2.24, 2.45) is 0 Å². The third-order valence-corrected chi connectivity index (χ3v) is 3.24. The molecule has 2 rings (SSSR count). The number of nitro benzene ring substituents is 1. The van der Waals surface area contributed by atoms with Crippen LogP contribution in [0.25, 0.3) is 0 Å². The molecular weight excluding hydrogens is 271 g/mol. The third-order valence-electron chi connectivity index (χ3n) is 3.24. The second kappa shape index (κ2) is 6.95. The van der Waals surface area contributed by atoms with E-state index < -0.39 is 16.4 Å². The third kappa shape index (κ3) is 4.10. The Morgan fingerprint density at radius 1 is 1.24 bits per heavy atom. The predicted molar refractivity (Wildman–Crippen MR) is 79.6 cm³/mol. The molecule has 0 aliphatic rings. The molecule has 0 amide bonds. The Kier molecular flexibility index (Phi) is 5.00. The lowest BCUT2D eigenvalue weighted by Crippen LogP contribution is -2.17. The normalized spacial score (nSPS) is 10.6. The first-order valence-electron chi connectivity index (χ1n) is 6.76. The Labute approximate surface area is 122 Å². The number of nitrogens with zero attached hydrogens (tertiary/aromatic N) is 1. The molecule has 110 valence electrons. The van der Waals surface area contributed by atoms with Crippen LogP contribution in [0.3, 0.4) is 0 Å². The average Bonchev–Trinajstić information content (AvgIpc) is 2.45. The molecule has 0 radical (unpaired) electrons. The molecule has 0 aliphatic carbocycles. The molecule has 0 saturated carbocycles. The van der Waals surface area contributed by atoms with E-state index in [0.29, 0.717) is 12.1 Å². The molecule has 2 aromatic carbocycles. The van der Waals surface area contributed by atoms with Crippen molar-refractivity contribution in [3.63, 3.8) is 0 Å². The average molecular weight is 288 g/mol. The van der Waals surface area contributed by atoms with E-state index in [4.69, 9.17) is 0 Å². The molecule has 0 spiro atoms. The van der Waals surface area contributed by atoms with Crippen molar-refractivity contribution >= 4 is 5.69 Å². The van der Waals surface area contributed by atoms with Crippen molar-refractivity contribution in [1.82, 2.24) is 5.32 Å². The monoisotopic (exact) mass is 288 g/mol. The molecule has 1 N–H and O–H groups in total. The number of halogens is 1. The lowest BCUT2D eigenvalue weighted by molar-refractivity contribution is -0.387. The Morgan fingerprint density at radius 3 is 2.71 bits per heavy atom. The highest BCUT2D eigenvalue weighted by Gasteiger charge is 2.16. The zero-order valence-electron chi connectivity index (χ0n) is 11.8. The Bertz CT molecular complexity index is 644. The number of aryl methyl sites for hydroxylation is 1. The Hall–Kier alpha value is -2.27. The van der Waals surface area contributed by atoms with Crippen LogP contribution in [-0.4, -0.2) is 11.5 Å². The summed E-state index contributed by atoms with van der Waals surface area (Å²) in [5.41, 5.74) is 2.25. The van der Waals surface area contributed by atoms with Gasteiger partial charge < -0.3 is 5.32 Å². The van der Waals surface area contributed by atoms with Crippen molar-refractivity contribution in [2.45, 2.75) is 19.9 Å². The van der Waals surface area contributed by atoms with E-state index in [1.165, 1.54) is 23.3 Å². The van der Waals surface area contributed by atoms with Crippen LogP contribution >= 0.6 is 0 Å². The quantitative estimate of drug-likeness (QED) is 0.503. The van der Waals surface area contributed by atoms with Crippen LogP contribution in [0.5, 0.6) is 0 Å². The second-order valence-electron chi connectivity index (χ2n) is 4.92.